The standard InChI is InChI=1S/C15H27NO/c1-12(2)6-10-16-14(17)11-15-7-3-13(4-8-15)5-9-15/h12-13H,3-11H2,1-2H3,(H,16,17). The highest BCUT2D eigenvalue weighted by molar-refractivity contribution is 5.76. The van der Waals surface area contributed by atoms with Gasteiger partial charge in [0.2, 0.25) is 5.91 Å². The molecule has 1 N–H and O–H groups in total. The monoisotopic (exact) mass is 237 g/mol. The third kappa shape index (κ3) is 3.46. The molecule has 3 aliphatic carbocycles. The maximum Gasteiger partial charge on any atom is 0.220 e. The quantitative estimate of drug-likeness (QED) is 0.779. The molecule has 0 unspecified atom stereocenters. The number of hydrogen-bond acceptors (Lipinski definition) is 1. The first kappa shape index (κ1) is 12.9. The fraction of sp³-hybridized carbons (Fsp3) is 0.933. The van der Waals surface area contributed by atoms with Gasteiger partial charge in [0.25, 0.3) is 0 Å². The fourth-order valence-electron chi connectivity index (χ4n) is 3.51. The number of rotatable bonds is 5. The Kier molecular flexibility index (Phi) is 4.11. The van der Waals surface area contributed by atoms with E-state index in [0.717, 1.165) is 25.3 Å². The van der Waals surface area contributed by atoms with Gasteiger partial charge in [-0.25, -0.2) is 0 Å². The van der Waals surface area contributed by atoms with E-state index >= 15 is 0 Å². The van der Waals surface area contributed by atoms with E-state index in [0.29, 0.717) is 17.2 Å². The number of nitrogens with one attached hydrogen (secondary N) is 1. The summed E-state index contributed by atoms with van der Waals surface area (Å²) in [4.78, 5) is 12.0. The zero-order chi connectivity index (χ0) is 12.3. The van der Waals surface area contributed by atoms with Gasteiger partial charge >= 0.3 is 0 Å². The molecule has 2 nitrogen and oxygen atoms in total. The van der Waals surface area contributed by atoms with E-state index in [1.54, 1.807) is 0 Å². The van der Waals surface area contributed by atoms with Gasteiger partial charge < -0.3 is 5.32 Å². The summed E-state index contributed by atoms with van der Waals surface area (Å²) in [5, 5.41) is 3.10. The van der Waals surface area contributed by atoms with Crippen LogP contribution in [0.5, 0.6) is 0 Å². The second kappa shape index (κ2) is 5.41. The molecule has 3 rings (SSSR count). The number of carbonyl (C=O) groups excluding carboxylic acids is 1. The summed E-state index contributed by atoms with van der Waals surface area (Å²) >= 11 is 0. The van der Waals surface area contributed by atoms with Crippen LogP contribution in [0.25, 0.3) is 0 Å². The van der Waals surface area contributed by atoms with Crippen LogP contribution in [0.1, 0.15) is 65.2 Å². The van der Waals surface area contributed by atoms with Crippen molar-refractivity contribution in [2.75, 3.05) is 6.54 Å². The number of carbonyl (C=O) groups is 1. The highest BCUT2D eigenvalue weighted by atomic mass is 16.1. The Morgan fingerprint density at radius 3 is 2.35 bits per heavy atom. The molecule has 3 aliphatic rings. The van der Waals surface area contributed by atoms with E-state index in [1.807, 2.05) is 0 Å². The molecule has 98 valence electrons. The van der Waals surface area contributed by atoms with Crippen molar-refractivity contribution >= 4 is 5.91 Å². The van der Waals surface area contributed by atoms with Gasteiger partial charge in [-0.2, -0.15) is 0 Å². The molecular formula is C15H27NO. The lowest BCUT2D eigenvalue weighted by molar-refractivity contribution is -0.125. The van der Waals surface area contributed by atoms with Crippen molar-refractivity contribution in [1.82, 2.24) is 5.32 Å². The predicted octanol–water partition coefficient (Wildman–Crippen LogP) is 3.51. The minimum Gasteiger partial charge on any atom is -0.356 e. The Morgan fingerprint density at radius 2 is 1.82 bits per heavy atom. The number of amides is 1. The van der Waals surface area contributed by atoms with Crippen LogP contribution >= 0.6 is 0 Å². The molecule has 0 aromatic heterocycles. The molecule has 0 aliphatic heterocycles. The van der Waals surface area contributed by atoms with E-state index in [-0.39, 0.29) is 0 Å². The van der Waals surface area contributed by atoms with Gasteiger partial charge in [0.05, 0.1) is 0 Å². The maximum absolute atomic E-state index is 12.0. The first-order valence-electron chi connectivity index (χ1n) is 7.36. The Labute approximate surface area is 106 Å². The van der Waals surface area contributed by atoms with Crippen molar-refractivity contribution in [2.24, 2.45) is 17.3 Å². The third-order valence-corrected chi connectivity index (χ3v) is 4.83. The van der Waals surface area contributed by atoms with Gasteiger partial charge in [0.1, 0.15) is 0 Å². The van der Waals surface area contributed by atoms with Gasteiger partial charge in [-0.15, -0.1) is 0 Å². The van der Waals surface area contributed by atoms with E-state index in [1.165, 1.54) is 38.5 Å². The minimum absolute atomic E-state index is 0.297. The Bertz CT molecular complexity index is 250. The highest BCUT2D eigenvalue weighted by Crippen LogP contribution is 2.52. The van der Waals surface area contributed by atoms with Crippen LogP contribution in [-0.2, 0) is 4.79 Å². The summed E-state index contributed by atoms with van der Waals surface area (Å²) in [6, 6.07) is 0. The first-order chi connectivity index (χ1) is 8.10. The average molecular weight is 237 g/mol. The lowest BCUT2D eigenvalue weighted by atomic mass is 9.59. The van der Waals surface area contributed by atoms with Gasteiger partial charge in [-0.3, -0.25) is 4.79 Å². The summed E-state index contributed by atoms with van der Waals surface area (Å²) in [5.74, 6) is 1.96. The average Bonchev–Trinajstić information content (AvgIpc) is 2.30. The van der Waals surface area contributed by atoms with Gasteiger partial charge in [-0.1, -0.05) is 13.8 Å². The molecule has 0 aromatic rings. The fourth-order valence-corrected chi connectivity index (χ4v) is 3.51. The summed E-state index contributed by atoms with van der Waals surface area (Å²) in [5.41, 5.74) is 0.386. The lowest BCUT2D eigenvalue weighted by Crippen LogP contribution is -2.39. The second-order valence-electron chi connectivity index (χ2n) is 6.69. The third-order valence-electron chi connectivity index (χ3n) is 4.83. The molecule has 3 saturated carbocycles. The number of fused-ring (bicyclic) bond motifs is 3. The van der Waals surface area contributed by atoms with Crippen LogP contribution < -0.4 is 5.32 Å². The molecule has 0 heterocycles. The van der Waals surface area contributed by atoms with Gasteiger partial charge in [0.15, 0.2) is 0 Å². The van der Waals surface area contributed by atoms with Crippen molar-refractivity contribution in [3.05, 3.63) is 0 Å². The topological polar surface area (TPSA) is 29.1 Å². The van der Waals surface area contributed by atoms with E-state index in [2.05, 4.69) is 19.2 Å². The largest absolute Gasteiger partial charge is 0.356 e. The van der Waals surface area contributed by atoms with E-state index < -0.39 is 0 Å². The van der Waals surface area contributed by atoms with Crippen molar-refractivity contribution in [3.63, 3.8) is 0 Å². The van der Waals surface area contributed by atoms with E-state index in [4.69, 9.17) is 0 Å². The molecule has 17 heavy (non-hydrogen) atoms. The highest BCUT2D eigenvalue weighted by Gasteiger charge is 2.41. The van der Waals surface area contributed by atoms with Crippen LogP contribution in [0.4, 0.5) is 0 Å². The maximum atomic E-state index is 12.0. The zero-order valence-electron chi connectivity index (χ0n) is 11.4. The Balaban J connectivity index is 1.74. The Morgan fingerprint density at radius 1 is 1.24 bits per heavy atom. The summed E-state index contributed by atoms with van der Waals surface area (Å²) in [6.45, 7) is 5.26. The first-order valence-corrected chi connectivity index (χ1v) is 7.36. The summed E-state index contributed by atoms with van der Waals surface area (Å²) in [7, 11) is 0. The smallest absolute Gasteiger partial charge is 0.220 e. The molecule has 2 bridgehead atoms. The van der Waals surface area contributed by atoms with Crippen LogP contribution in [0.2, 0.25) is 0 Å². The zero-order valence-corrected chi connectivity index (χ0v) is 11.4. The minimum atomic E-state index is 0.297. The normalized spacial score (nSPS) is 31.8. The van der Waals surface area contributed by atoms with Crippen molar-refractivity contribution in [1.29, 1.82) is 0 Å². The summed E-state index contributed by atoms with van der Waals surface area (Å²) < 4.78 is 0. The molecule has 0 atom stereocenters. The van der Waals surface area contributed by atoms with E-state index in [9.17, 15) is 4.79 Å². The van der Waals surface area contributed by atoms with Gasteiger partial charge in [-0.05, 0) is 62.2 Å². The van der Waals surface area contributed by atoms with Crippen molar-refractivity contribution < 1.29 is 4.79 Å². The Hall–Kier alpha value is -0.530. The lowest BCUT2D eigenvalue weighted by Gasteiger charge is -2.46. The van der Waals surface area contributed by atoms with Crippen LogP contribution in [-0.4, -0.2) is 12.5 Å². The SMILES string of the molecule is CC(C)CCNC(=O)CC12CCC(CC1)CC2. The van der Waals surface area contributed by atoms with Crippen molar-refractivity contribution in [2.45, 2.75) is 65.2 Å². The molecule has 0 saturated heterocycles. The molecule has 2 heteroatoms. The summed E-state index contributed by atoms with van der Waals surface area (Å²) in [6.07, 6.45) is 9.91. The molecule has 3 fully saturated rings. The molecular weight excluding hydrogens is 210 g/mol. The molecule has 0 aromatic carbocycles. The molecule has 1 amide bonds. The second-order valence-corrected chi connectivity index (χ2v) is 6.69. The number of hydrogen-bond donors (Lipinski definition) is 1. The molecule has 0 spiro atoms. The van der Waals surface area contributed by atoms with Crippen LogP contribution in [0.3, 0.4) is 0 Å². The predicted molar refractivity (Wildman–Crippen MR) is 70.7 cm³/mol. The molecule has 0 radical (unpaired) electrons. The van der Waals surface area contributed by atoms with Crippen molar-refractivity contribution in [3.8, 4) is 0 Å². The van der Waals surface area contributed by atoms with Crippen LogP contribution in [0.15, 0.2) is 0 Å². The van der Waals surface area contributed by atoms with Gasteiger partial charge in [0, 0.05) is 13.0 Å². The van der Waals surface area contributed by atoms with Crippen LogP contribution in [0, 0.1) is 17.3 Å².